The SMILES string of the molecule is OCC(O)COCCCCOCC(O)COC1CCCCC1. The number of aliphatic hydroxyl groups excluding tert-OH is 3. The van der Waals surface area contributed by atoms with Gasteiger partial charge in [-0.3, -0.25) is 0 Å². The molecule has 1 rings (SSSR count). The van der Waals surface area contributed by atoms with E-state index in [0.29, 0.717) is 32.5 Å². The lowest BCUT2D eigenvalue weighted by Gasteiger charge is -2.23. The molecule has 1 fully saturated rings. The standard InChI is InChI=1S/C16H32O6/c17-10-14(18)11-20-8-4-5-9-21-12-15(19)13-22-16-6-2-1-3-7-16/h14-19H,1-13H2. The van der Waals surface area contributed by atoms with Crippen LogP contribution in [-0.4, -0.2) is 73.3 Å². The average molecular weight is 320 g/mol. The molecule has 0 bridgehead atoms. The molecule has 2 atom stereocenters. The second kappa shape index (κ2) is 13.2. The predicted molar refractivity (Wildman–Crippen MR) is 82.8 cm³/mol. The van der Waals surface area contributed by atoms with Gasteiger partial charge in [0.1, 0.15) is 12.2 Å². The first-order valence-electron chi connectivity index (χ1n) is 8.46. The molecule has 0 aromatic heterocycles. The van der Waals surface area contributed by atoms with Crippen molar-refractivity contribution in [3.63, 3.8) is 0 Å². The largest absolute Gasteiger partial charge is 0.394 e. The minimum atomic E-state index is -0.796. The monoisotopic (exact) mass is 320 g/mol. The van der Waals surface area contributed by atoms with Gasteiger partial charge in [0.15, 0.2) is 0 Å². The average Bonchev–Trinajstić information content (AvgIpc) is 2.56. The summed E-state index contributed by atoms with van der Waals surface area (Å²) in [5.74, 6) is 0. The van der Waals surface area contributed by atoms with Crippen LogP contribution in [0.2, 0.25) is 0 Å². The number of unbranched alkanes of at least 4 members (excludes halogenated alkanes) is 1. The molecule has 0 heterocycles. The van der Waals surface area contributed by atoms with E-state index in [1.165, 1.54) is 19.3 Å². The Bertz CT molecular complexity index is 245. The van der Waals surface area contributed by atoms with Gasteiger partial charge >= 0.3 is 0 Å². The summed E-state index contributed by atoms with van der Waals surface area (Å²) in [5.41, 5.74) is 0. The summed E-state index contributed by atoms with van der Waals surface area (Å²) in [4.78, 5) is 0. The topological polar surface area (TPSA) is 88.4 Å². The van der Waals surface area contributed by atoms with Crippen molar-refractivity contribution in [2.45, 2.75) is 63.3 Å². The highest BCUT2D eigenvalue weighted by atomic mass is 16.5. The van der Waals surface area contributed by atoms with Gasteiger partial charge in [-0.1, -0.05) is 19.3 Å². The molecule has 0 aliphatic heterocycles. The van der Waals surface area contributed by atoms with Crippen molar-refractivity contribution in [1.29, 1.82) is 0 Å². The molecule has 2 unspecified atom stereocenters. The first-order valence-corrected chi connectivity index (χ1v) is 8.46. The van der Waals surface area contributed by atoms with E-state index < -0.39 is 12.2 Å². The Morgan fingerprint density at radius 1 is 0.818 bits per heavy atom. The van der Waals surface area contributed by atoms with Gasteiger partial charge in [-0.25, -0.2) is 0 Å². The molecular formula is C16H32O6. The molecule has 3 N–H and O–H groups in total. The lowest BCUT2D eigenvalue weighted by Crippen LogP contribution is -2.27. The van der Waals surface area contributed by atoms with Crippen molar-refractivity contribution in [2.24, 2.45) is 0 Å². The summed E-state index contributed by atoms with van der Waals surface area (Å²) < 4.78 is 16.3. The van der Waals surface area contributed by atoms with Crippen LogP contribution < -0.4 is 0 Å². The van der Waals surface area contributed by atoms with Gasteiger partial charge in [0.25, 0.3) is 0 Å². The normalized spacial score (nSPS) is 19.2. The predicted octanol–water partition coefficient (Wildman–Crippen LogP) is 0.863. The highest BCUT2D eigenvalue weighted by Crippen LogP contribution is 2.20. The molecule has 0 aromatic rings. The summed E-state index contributed by atoms with van der Waals surface area (Å²) in [7, 11) is 0. The quantitative estimate of drug-likeness (QED) is 0.436. The van der Waals surface area contributed by atoms with Crippen LogP contribution in [-0.2, 0) is 14.2 Å². The van der Waals surface area contributed by atoms with E-state index in [-0.39, 0.29) is 13.2 Å². The maximum Gasteiger partial charge on any atom is 0.101 e. The lowest BCUT2D eigenvalue weighted by molar-refractivity contribution is -0.0537. The smallest absolute Gasteiger partial charge is 0.101 e. The van der Waals surface area contributed by atoms with Gasteiger partial charge in [0.2, 0.25) is 0 Å². The van der Waals surface area contributed by atoms with E-state index >= 15 is 0 Å². The number of rotatable bonds is 13. The third kappa shape index (κ3) is 10.5. The number of ether oxygens (including phenoxy) is 3. The Morgan fingerprint density at radius 3 is 2.00 bits per heavy atom. The molecule has 1 aliphatic carbocycles. The number of hydrogen-bond acceptors (Lipinski definition) is 6. The third-order valence-corrected chi connectivity index (χ3v) is 3.74. The van der Waals surface area contributed by atoms with Crippen LogP contribution in [0.3, 0.4) is 0 Å². The van der Waals surface area contributed by atoms with Crippen molar-refractivity contribution in [3.05, 3.63) is 0 Å². The van der Waals surface area contributed by atoms with Gasteiger partial charge in [-0.2, -0.15) is 0 Å². The molecule has 0 aromatic carbocycles. The van der Waals surface area contributed by atoms with E-state index in [4.69, 9.17) is 24.4 Å². The van der Waals surface area contributed by atoms with Gasteiger partial charge in [0.05, 0.1) is 32.5 Å². The Balaban J connectivity index is 1.83. The maximum absolute atomic E-state index is 9.78. The van der Waals surface area contributed by atoms with Crippen LogP contribution in [0.1, 0.15) is 44.9 Å². The summed E-state index contributed by atoms with van der Waals surface area (Å²) in [6.45, 7) is 1.66. The molecule has 22 heavy (non-hydrogen) atoms. The molecule has 132 valence electrons. The zero-order chi connectivity index (χ0) is 16.0. The molecule has 0 spiro atoms. The maximum atomic E-state index is 9.78. The third-order valence-electron chi connectivity index (χ3n) is 3.74. The molecule has 1 saturated carbocycles. The van der Waals surface area contributed by atoms with E-state index in [0.717, 1.165) is 25.7 Å². The molecular weight excluding hydrogens is 288 g/mol. The van der Waals surface area contributed by atoms with E-state index in [1.54, 1.807) is 0 Å². The van der Waals surface area contributed by atoms with E-state index in [9.17, 15) is 5.11 Å². The van der Waals surface area contributed by atoms with Gasteiger partial charge in [-0.15, -0.1) is 0 Å². The van der Waals surface area contributed by atoms with Crippen LogP contribution >= 0.6 is 0 Å². The lowest BCUT2D eigenvalue weighted by atomic mass is 9.98. The Morgan fingerprint density at radius 2 is 1.41 bits per heavy atom. The minimum Gasteiger partial charge on any atom is -0.394 e. The van der Waals surface area contributed by atoms with Crippen LogP contribution in [0.15, 0.2) is 0 Å². The summed E-state index contributed by atoms with van der Waals surface area (Å²) in [5, 5.41) is 27.5. The Hall–Kier alpha value is -0.240. The van der Waals surface area contributed by atoms with E-state index in [1.807, 2.05) is 0 Å². The molecule has 0 amide bonds. The molecule has 0 saturated heterocycles. The fourth-order valence-electron chi connectivity index (χ4n) is 2.43. The second-order valence-corrected chi connectivity index (χ2v) is 5.94. The van der Waals surface area contributed by atoms with Crippen molar-refractivity contribution in [3.8, 4) is 0 Å². The molecule has 6 heteroatoms. The van der Waals surface area contributed by atoms with Crippen LogP contribution in [0, 0.1) is 0 Å². The molecule has 0 radical (unpaired) electrons. The van der Waals surface area contributed by atoms with Crippen molar-refractivity contribution < 1.29 is 29.5 Å². The number of aliphatic hydroxyl groups is 3. The highest BCUT2D eigenvalue weighted by Gasteiger charge is 2.15. The Kier molecular flexibility index (Phi) is 11.9. The first-order chi connectivity index (χ1) is 10.7. The number of hydrogen-bond donors (Lipinski definition) is 3. The van der Waals surface area contributed by atoms with Gasteiger partial charge < -0.3 is 29.5 Å². The van der Waals surface area contributed by atoms with Crippen LogP contribution in [0.4, 0.5) is 0 Å². The summed E-state index contributed by atoms with van der Waals surface area (Å²) >= 11 is 0. The Labute approximate surface area is 133 Å². The van der Waals surface area contributed by atoms with E-state index in [2.05, 4.69) is 0 Å². The van der Waals surface area contributed by atoms with Gasteiger partial charge in [0, 0.05) is 13.2 Å². The zero-order valence-corrected chi connectivity index (χ0v) is 13.5. The summed E-state index contributed by atoms with van der Waals surface area (Å²) in [6.07, 6.45) is 6.61. The van der Waals surface area contributed by atoms with Crippen molar-refractivity contribution >= 4 is 0 Å². The fraction of sp³-hybridized carbons (Fsp3) is 1.00. The molecule has 6 nitrogen and oxygen atoms in total. The van der Waals surface area contributed by atoms with Crippen LogP contribution in [0.25, 0.3) is 0 Å². The van der Waals surface area contributed by atoms with Crippen molar-refractivity contribution in [2.75, 3.05) is 39.6 Å². The van der Waals surface area contributed by atoms with Gasteiger partial charge in [-0.05, 0) is 25.7 Å². The second-order valence-electron chi connectivity index (χ2n) is 5.94. The zero-order valence-electron chi connectivity index (χ0n) is 13.5. The molecule has 1 aliphatic rings. The summed E-state index contributed by atoms with van der Waals surface area (Å²) in [6, 6.07) is 0. The fourth-order valence-corrected chi connectivity index (χ4v) is 2.43. The minimum absolute atomic E-state index is 0.161. The van der Waals surface area contributed by atoms with Crippen molar-refractivity contribution in [1.82, 2.24) is 0 Å². The first kappa shape index (κ1) is 19.8. The van der Waals surface area contributed by atoms with Crippen LogP contribution in [0.5, 0.6) is 0 Å². The highest BCUT2D eigenvalue weighted by molar-refractivity contribution is 4.66.